The Hall–Kier alpha value is -1.06. The third-order valence-corrected chi connectivity index (χ3v) is 4.56. The lowest BCUT2D eigenvalue weighted by Gasteiger charge is -2.42. The van der Waals surface area contributed by atoms with E-state index in [1.807, 2.05) is 30.3 Å². The van der Waals surface area contributed by atoms with Crippen LogP contribution in [0.15, 0.2) is 30.3 Å². The minimum Gasteiger partial charge on any atom is -0.494 e. The Kier molecular flexibility index (Phi) is 6.52. The van der Waals surface area contributed by atoms with E-state index in [0.717, 1.165) is 44.3 Å². The van der Waals surface area contributed by atoms with Crippen molar-refractivity contribution in [3.63, 3.8) is 0 Å². The van der Waals surface area contributed by atoms with Gasteiger partial charge >= 0.3 is 0 Å². The molecular weight excluding hydrogens is 260 g/mol. The molecule has 0 aromatic heterocycles. The first kappa shape index (κ1) is 16.3. The van der Waals surface area contributed by atoms with E-state index in [2.05, 4.69) is 31.0 Å². The Morgan fingerprint density at radius 3 is 2.81 bits per heavy atom. The summed E-state index contributed by atoms with van der Waals surface area (Å²) in [5.74, 6) is 1.73. The zero-order valence-electron chi connectivity index (χ0n) is 13.7. The largest absolute Gasteiger partial charge is 0.494 e. The van der Waals surface area contributed by atoms with Crippen LogP contribution in [-0.2, 0) is 0 Å². The first-order chi connectivity index (χ1) is 10.2. The van der Waals surface area contributed by atoms with Gasteiger partial charge in [0, 0.05) is 31.7 Å². The zero-order valence-corrected chi connectivity index (χ0v) is 13.7. The van der Waals surface area contributed by atoms with E-state index in [0.29, 0.717) is 12.1 Å². The summed E-state index contributed by atoms with van der Waals surface area (Å²) >= 11 is 0. The lowest BCUT2D eigenvalue weighted by atomic mass is 9.94. The summed E-state index contributed by atoms with van der Waals surface area (Å²) in [7, 11) is 0. The highest BCUT2D eigenvalue weighted by atomic mass is 16.5. The van der Waals surface area contributed by atoms with E-state index in [1.54, 1.807) is 0 Å². The zero-order chi connectivity index (χ0) is 15.1. The van der Waals surface area contributed by atoms with Gasteiger partial charge in [-0.1, -0.05) is 38.5 Å². The molecule has 1 heterocycles. The monoisotopic (exact) mass is 290 g/mol. The molecule has 3 heteroatoms. The molecule has 118 valence electrons. The van der Waals surface area contributed by atoms with Crippen LogP contribution in [0.3, 0.4) is 0 Å². The predicted molar refractivity (Wildman–Crippen MR) is 88.8 cm³/mol. The Morgan fingerprint density at radius 2 is 2.10 bits per heavy atom. The molecule has 1 saturated heterocycles. The third-order valence-electron chi connectivity index (χ3n) is 4.56. The quantitative estimate of drug-likeness (QED) is 0.781. The summed E-state index contributed by atoms with van der Waals surface area (Å²) in [6.45, 7) is 11.1. The Morgan fingerprint density at radius 1 is 1.33 bits per heavy atom. The Bertz CT molecular complexity index is 395. The number of para-hydroxylation sites is 1. The molecule has 0 amide bonds. The van der Waals surface area contributed by atoms with Crippen LogP contribution < -0.4 is 10.1 Å². The number of piperazine rings is 1. The molecule has 1 aromatic rings. The second-order valence-electron chi connectivity index (χ2n) is 6.27. The predicted octanol–water partition coefficient (Wildman–Crippen LogP) is 3.16. The fourth-order valence-corrected chi connectivity index (χ4v) is 3.07. The number of ether oxygens (including phenoxy) is 1. The number of hydrogen-bond acceptors (Lipinski definition) is 3. The molecular formula is C18H30N2O. The van der Waals surface area contributed by atoms with Gasteiger partial charge in [0.25, 0.3) is 0 Å². The van der Waals surface area contributed by atoms with Gasteiger partial charge in [0.05, 0.1) is 6.61 Å². The number of nitrogens with zero attached hydrogens (tertiary/aromatic N) is 1. The van der Waals surface area contributed by atoms with Gasteiger partial charge in [0.15, 0.2) is 0 Å². The molecule has 1 aliphatic rings. The van der Waals surface area contributed by atoms with Crippen molar-refractivity contribution >= 4 is 0 Å². The molecule has 0 bridgehead atoms. The summed E-state index contributed by atoms with van der Waals surface area (Å²) in [6, 6.07) is 11.4. The van der Waals surface area contributed by atoms with Crippen molar-refractivity contribution in [2.75, 3.05) is 26.2 Å². The van der Waals surface area contributed by atoms with Crippen molar-refractivity contribution in [2.45, 2.75) is 45.7 Å². The van der Waals surface area contributed by atoms with Crippen LogP contribution in [0.1, 0.15) is 33.6 Å². The minimum atomic E-state index is 0.598. The van der Waals surface area contributed by atoms with Crippen LogP contribution in [0, 0.1) is 5.92 Å². The normalized spacial score (nSPS) is 24.7. The van der Waals surface area contributed by atoms with Gasteiger partial charge in [-0.05, 0) is 31.4 Å². The fourth-order valence-electron chi connectivity index (χ4n) is 3.07. The molecule has 3 nitrogen and oxygen atoms in total. The molecule has 0 saturated carbocycles. The Labute approximate surface area is 129 Å². The summed E-state index contributed by atoms with van der Waals surface area (Å²) in [5, 5.41) is 3.62. The fraction of sp³-hybridized carbons (Fsp3) is 0.667. The van der Waals surface area contributed by atoms with E-state index in [4.69, 9.17) is 4.74 Å². The number of nitrogens with one attached hydrogen (secondary N) is 1. The molecule has 1 aromatic carbocycles. The van der Waals surface area contributed by atoms with Gasteiger partial charge in [-0.25, -0.2) is 0 Å². The van der Waals surface area contributed by atoms with E-state index in [1.165, 1.54) is 6.42 Å². The minimum absolute atomic E-state index is 0.598. The lowest BCUT2D eigenvalue weighted by molar-refractivity contribution is 0.0895. The highest BCUT2D eigenvalue weighted by Gasteiger charge is 2.28. The molecule has 2 rings (SSSR count). The van der Waals surface area contributed by atoms with E-state index in [9.17, 15) is 0 Å². The maximum Gasteiger partial charge on any atom is 0.119 e. The van der Waals surface area contributed by atoms with Crippen molar-refractivity contribution in [3.05, 3.63) is 30.3 Å². The molecule has 21 heavy (non-hydrogen) atoms. The van der Waals surface area contributed by atoms with Gasteiger partial charge in [-0.3, -0.25) is 4.90 Å². The van der Waals surface area contributed by atoms with E-state index < -0.39 is 0 Å². The molecule has 0 radical (unpaired) electrons. The van der Waals surface area contributed by atoms with Gasteiger partial charge in [0.2, 0.25) is 0 Å². The van der Waals surface area contributed by atoms with Gasteiger partial charge in [0.1, 0.15) is 5.75 Å². The van der Waals surface area contributed by atoms with Crippen molar-refractivity contribution in [1.82, 2.24) is 10.2 Å². The molecule has 0 spiro atoms. The molecule has 1 N–H and O–H groups in total. The van der Waals surface area contributed by atoms with Gasteiger partial charge in [-0.15, -0.1) is 0 Å². The average Bonchev–Trinajstić information content (AvgIpc) is 2.52. The first-order valence-electron chi connectivity index (χ1n) is 8.36. The lowest BCUT2D eigenvalue weighted by Crippen LogP contribution is -2.57. The SMILES string of the molecule is CCC(C)C1CNC(C)CN1CCCOc1ccccc1. The maximum absolute atomic E-state index is 5.80. The van der Waals surface area contributed by atoms with Crippen molar-refractivity contribution in [3.8, 4) is 5.75 Å². The summed E-state index contributed by atoms with van der Waals surface area (Å²) in [4.78, 5) is 2.66. The number of hydrogen-bond donors (Lipinski definition) is 1. The molecule has 1 aliphatic heterocycles. The van der Waals surface area contributed by atoms with Crippen LogP contribution in [0.4, 0.5) is 0 Å². The smallest absolute Gasteiger partial charge is 0.119 e. The first-order valence-corrected chi connectivity index (χ1v) is 8.36. The van der Waals surface area contributed by atoms with Crippen LogP contribution in [-0.4, -0.2) is 43.2 Å². The topological polar surface area (TPSA) is 24.5 Å². The van der Waals surface area contributed by atoms with Crippen molar-refractivity contribution in [2.24, 2.45) is 5.92 Å². The van der Waals surface area contributed by atoms with Crippen LogP contribution in [0.5, 0.6) is 5.75 Å². The summed E-state index contributed by atoms with van der Waals surface area (Å²) in [6.07, 6.45) is 2.34. The second kappa shape index (κ2) is 8.40. The summed E-state index contributed by atoms with van der Waals surface area (Å²) < 4.78 is 5.80. The van der Waals surface area contributed by atoms with E-state index >= 15 is 0 Å². The molecule has 3 unspecified atom stereocenters. The van der Waals surface area contributed by atoms with Gasteiger partial charge in [-0.2, -0.15) is 0 Å². The number of rotatable bonds is 7. The highest BCUT2D eigenvalue weighted by molar-refractivity contribution is 5.20. The standard InChI is InChI=1S/C18H30N2O/c1-4-15(2)18-13-19-16(3)14-20(18)11-8-12-21-17-9-6-5-7-10-17/h5-7,9-10,15-16,18-19H,4,8,11-14H2,1-3H3. The second-order valence-corrected chi connectivity index (χ2v) is 6.27. The van der Waals surface area contributed by atoms with Crippen molar-refractivity contribution < 1.29 is 4.74 Å². The molecule has 0 aliphatic carbocycles. The van der Waals surface area contributed by atoms with Crippen LogP contribution in [0.25, 0.3) is 0 Å². The maximum atomic E-state index is 5.80. The molecule has 1 fully saturated rings. The van der Waals surface area contributed by atoms with E-state index in [-0.39, 0.29) is 0 Å². The average molecular weight is 290 g/mol. The summed E-state index contributed by atoms with van der Waals surface area (Å²) in [5.41, 5.74) is 0. The highest BCUT2D eigenvalue weighted by Crippen LogP contribution is 2.18. The van der Waals surface area contributed by atoms with Crippen LogP contribution >= 0.6 is 0 Å². The Balaban J connectivity index is 1.76. The third kappa shape index (κ3) is 5.01. The van der Waals surface area contributed by atoms with Crippen LogP contribution in [0.2, 0.25) is 0 Å². The molecule has 3 atom stereocenters. The number of benzene rings is 1. The van der Waals surface area contributed by atoms with Gasteiger partial charge < -0.3 is 10.1 Å². The van der Waals surface area contributed by atoms with Crippen molar-refractivity contribution in [1.29, 1.82) is 0 Å².